The molecule has 4 rings (SSSR count). The summed E-state index contributed by atoms with van der Waals surface area (Å²) in [5.74, 6) is -0.112. The highest BCUT2D eigenvalue weighted by Crippen LogP contribution is 2.36. The van der Waals surface area contributed by atoms with Crippen LogP contribution in [0.1, 0.15) is 29.8 Å². The molecule has 2 aromatic rings. The number of ether oxygens (including phenoxy) is 1. The standard InChI is InChI=1S/C18H21FN4O2/c19-14-4-1-8-21-16(14)22-13-10-18(25-11-13)6-3-9-23(12-18)17(24)15-5-2-7-20-15/h1-2,4-5,7-8,13,20H,3,6,9-12H2,(H,21,22). The molecule has 132 valence electrons. The predicted octanol–water partition coefficient (Wildman–Crippen LogP) is 2.42. The van der Waals surface area contributed by atoms with Gasteiger partial charge in [0.1, 0.15) is 5.69 Å². The van der Waals surface area contributed by atoms with Crippen molar-refractivity contribution in [2.24, 2.45) is 0 Å². The molecule has 6 nitrogen and oxygen atoms in total. The average Bonchev–Trinajstić information content (AvgIpc) is 3.27. The number of H-pyrrole nitrogens is 1. The fourth-order valence-electron chi connectivity index (χ4n) is 3.81. The van der Waals surface area contributed by atoms with Gasteiger partial charge < -0.3 is 19.9 Å². The number of likely N-dealkylation sites (tertiary alicyclic amines) is 1. The number of hydrogen-bond acceptors (Lipinski definition) is 4. The van der Waals surface area contributed by atoms with Gasteiger partial charge in [-0.05, 0) is 37.1 Å². The lowest BCUT2D eigenvalue weighted by Gasteiger charge is -2.39. The zero-order chi connectivity index (χ0) is 17.3. The third-order valence-electron chi connectivity index (χ3n) is 4.96. The van der Waals surface area contributed by atoms with Crippen LogP contribution >= 0.6 is 0 Å². The van der Waals surface area contributed by atoms with Gasteiger partial charge in [-0.1, -0.05) is 0 Å². The number of piperidine rings is 1. The van der Waals surface area contributed by atoms with Gasteiger partial charge in [-0.25, -0.2) is 9.37 Å². The Morgan fingerprint density at radius 3 is 3.16 bits per heavy atom. The Bertz CT molecular complexity index is 751. The minimum Gasteiger partial charge on any atom is -0.371 e. The quantitative estimate of drug-likeness (QED) is 0.897. The van der Waals surface area contributed by atoms with Crippen molar-refractivity contribution in [2.75, 3.05) is 25.0 Å². The van der Waals surface area contributed by atoms with Crippen LogP contribution in [0.25, 0.3) is 0 Å². The fraction of sp³-hybridized carbons (Fsp3) is 0.444. The Morgan fingerprint density at radius 2 is 2.36 bits per heavy atom. The number of anilines is 1. The zero-order valence-electron chi connectivity index (χ0n) is 13.9. The van der Waals surface area contributed by atoms with Crippen molar-refractivity contribution in [3.05, 3.63) is 48.2 Å². The van der Waals surface area contributed by atoms with E-state index >= 15 is 0 Å². The van der Waals surface area contributed by atoms with Crippen LogP contribution in [0.3, 0.4) is 0 Å². The molecule has 4 heterocycles. The Labute approximate surface area is 145 Å². The van der Waals surface area contributed by atoms with Gasteiger partial charge >= 0.3 is 0 Å². The molecule has 1 amide bonds. The van der Waals surface area contributed by atoms with Crippen LogP contribution in [-0.4, -0.2) is 52.1 Å². The molecule has 1 spiro atoms. The maximum atomic E-state index is 13.8. The Kier molecular flexibility index (Phi) is 4.17. The topological polar surface area (TPSA) is 70.2 Å². The van der Waals surface area contributed by atoms with Crippen molar-refractivity contribution in [2.45, 2.75) is 30.9 Å². The van der Waals surface area contributed by atoms with E-state index < -0.39 is 0 Å². The van der Waals surface area contributed by atoms with Crippen LogP contribution in [0.15, 0.2) is 36.7 Å². The summed E-state index contributed by atoms with van der Waals surface area (Å²) in [4.78, 5) is 21.4. The van der Waals surface area contributed by atoms with Gasteiger partial charge in [0.15, 0.2) is 11.6 Å². The largest absolute Gasteiger partial charge is 0.371 e. The normalized spacial score (nSPS) is 26.1. The van der Waals surface area contributed by atoms with E-state index in [9.17, 15) is 9.18 Å². The van der Waals surface area contributed by atoms with E-state index in [-0.39, 0.29) is 29.2 Å². The minimum absolute atomic E-state index is 0.000135. The molecule has 2 aromatic heterocycles. The molecule has 2 saturated heterocycles. The minimum atomic E-state index is -0.365. The number of amides is 1. The Hall–Kier alpha value is -2.41. The van der Waals surface area contributed by atoms with Crippen molar-refractivity contribution in [1.29, 1.82) is 0 Å². The molecule has 2 N–H and O–H groups in total. The number of carbonyl (C=O) groups is 1. The molecule has 25 heavy (non-hydrogen) atoms. The summed E-state index contributed by atoms with van der Waals surface area (Å²) in [6.45, 7) is 1.78. The smallest absolute Gasteiger partial charge is 0.270 e. The molecule has 0 aliphatic carbocycles. The van der Waals surface area contributed by atoms with Gasteiger partial charge in [0.2, 0.25) is 0 Å². The number of aromatic amines is 1. The molecule has 0 bridgehead atoms. The van der Waals surface area contributed by atoms with Crippen LogP contribution in [0, 0.1) is 5.82 Å². The summed E-state index contributed by atoms with van der Waals surface area (Å²) in [6.07, 6.45) is 5.85. The molecule has 2 aliphatic rings. The first kappa shape index (κ1) is 16.1. The van der Waals surface area contributed by atoms with Crippen molar-refractivity contribution < 1.29 is 13.9 Å². The number of aromatic nitrogens is 2. The summed E-state index contributed by atoms with van der Waals surface area (Å²) < 4.78 is 19.9. The second-order valence-electron chi connectivity index (χ2n) is 6.79. The van der Waals surface area contributed by atoms with E-state index in [4.69, 9.17) is 4.74 Å². The average molecular weight is 344 g/mol. The maximum Gasteiger partial charge on any atom is 0.270 e. The molecule has 2 atom stereocenters. The lowest BCUT2D eigenvalue weighted by atomic mass is 9.88. The highest BCUT2D eigenvalue weighted by Gasteiger charge is 2.44. The van der Waals surface area contributed by atoms with Gasteiger partial charge in [0, 0.05) is 25.4 Å². The van der Waals surface area contributed by atoms with Crippen molar-refractivity contribution in [3.8, 4) is 0 Å². The van der Waals surface area contributed by atoms with Crippen LogP contribution in [0.5, 0.6) is 0 Å². The molecular weight excluding hydrogens is 323 g/mol. The summed E-state index contributed by atoms with van der Waals surface area (Å²) in [5, 5.41) is 3.13. The van der Waals surface area contributed by atoms with Crippen LogP contribution < -0.4 is 5.32 Å². The molecule has 2 fully saturated rings. The second kappa shape index (κ2) is 6.48. The first-order chi connectivity index (χ1) is 12.2. The second-order valence-corrected chi connectivity index (χ2v) is 6.79. The van der Waals surface area contributed by atoms with Crippen molar-refractivity contribution in [3.63, 3.8) is 0 Å². The molecular formula is C18H21FN4O2. The molecule has 0 radical (unpaired) electrons. The van der Waals surface area contributed by atoms with E-state index in [1.54, 1.807) is 24.5 Å². The zero-order valence-corrected chi connectivity index (χ0v) is 13.9. The lowest BCUT2D eigenvalue weighted by molar-refractivity contribution is -0.0448. The summed E-state index contributed by atoms with van der Waals surface area (Å²) >= 11 is 0. The van der Waals surface area contributed by atoms with E-state index in [0.717, 1.165) is 25.8 Å². The molecule has 7 heteroatoms. The maximum absolute atomic E-state index is 13.8. The first-order valence-corrected chi connectivity index (χ1v) is 8.59. The van der Waals surface area contributed by atoms with Crippen molar-refractivity contribution in [1.82, 2.24) is 14.9 Å². The van der Waals surface area contributed by atoms with Crippen LogP contribution in [0.4, 0.5) is 10.2 Å². The van der Waals surface area contributed by atoms with E-state index in [2.05, 4.69) is 15.3 Å². The number of carbonyl (C=O) groups excluding carboxylic acids is 1. The van der Waals surface area contributed by atoms with Crippen LogP contribution in [-0.2, 0) is 4.74 Å². The number of nitrogens with one attached hydrogen (secondary N) is 2. The van der Waals surface area contributed by atoms with Gasteiger partial charge in [-0.3, -0.25) is 4.79 Å². The summed E-state index contributed by atoms with van der Waals surface area (Å²) in [5.41, 5.74) is 0.240. The van der Waals surface area contributed by atoms with Crippen molar-refractivity contribution >= 4 is 11.7 Å². The number of halogens is 1. The number of hydrogen-bond donors (Lipinski definition) is 2. The van der Waals surface area contributed by atoms with Gasteiger partial charge in [-0.2, -0.15) is 0 Å². The molecule has 0 saturated carbocycles. The van der Waals surface area contributed by atoms with E-state index in [1.165, 1.54) is 6.07 Å². The third kappa shape index (κ3) is 3.24. The van der Waals surface area contributed by atoms with Crippen LogP contribution in [0.2, 0.25) is 0 Å². The highest BCUT2D eigenvalue weighted by molar-refractivity contribution is 5.92. The summed E-state index contributed by atoms with van der Waals surface area (Å²) in [7, 11) is 0. The third-order valence-corrected chi connectivity index (χ3v) is 4.96. The van der Waals surface area contributed by atoms with E-state index in [1.807, 2.05) is 11.0 Å². The first-order valence-electron chi connectivity index (χ1n) is 8.59. The van der Waals surface area contributed by atoms with Gasteiger partial charge in [0.25, 0.3) is 5.91 Å². The fourth-order valence-corrected chi connectivity index (χ4v) is 3.81. The lowest BCUT2D eigenvalue weighted by Crippen LogP contribution is -2.50. The molecule has 2 aliphatic heterocycles. The van der Waals surface area contributed by atoms with Gasteiger partial charge in [-0.15, -0.1) is 0 Å². The molecule has 2 unspecified atom stereocenters. The summed E-state index contributed by atoms with van der Waals surface area (Å²) in [6, 6.07) is 6.55. The monoisotopic (exact) mass is 344 g/mol. The number of pyridine rings is 1. The highest BCUT2D eigenvalue weighted by atomic mass is 19.1. The predicted molar refractivity (Wildman–Crippen MR) is 90.8 cm³/mol. The van der Waals surface area contributed by atoms with E-state index in [0.29, 0.717) is 18.8 Å². The SMILES string of the molecule is O=C(c1ccc[nH]1)N1CCCC2(CC(Nc3ncccc3F)CO2)C1. The Morgan fingerprint density at radius 1 is 1.44 bits per heavy atom. The number of rotatable bonds is 3. The Balaban J connectivity index is 1.42. The number of nitrogens with zero attached hydrogens (tertiary/aromatic N) is 2. The molecule has 0 aromatic carbocycles. The van der Waals surface area contributed by atoms with Gasteiger partial charge in [0.05, 0.1) is 24.8 Å².